The summed E-state index contributed by atoms with van der Waals surface area (Å²) in [6.07, 6.45) is 8.94. The summed E-state index contributed by atoms with van der Waals surface area (Å²) < 4.78 is 0. The van der Waals surface area contributed by atoms with Crippen LogP contribution in [-0.2, 0) is 5.41 Å². The van der Waals surface area contributed by atoms with Crippen LogP contribution in [0.3, 0.4) is 0 Å². The zero-order valence-electron chi connectivity index (χ0n) is 31.6. The lowest BCUT2D eigenvalue weighted by molar-refractivity contribution is 0.724. The molecular formula is C54H35N3S. The van der Waals surface area contributed by atoms with Gasteiger partial charge in [0.05, 0.1) is 22.3 Å². The highest BCUT2D eigenvalue weighted by Gasteiger charge is 2.53. The molecule has 2 aromatic heterocycles. The van der Waals surface area contributed by atoms with Crippen LogP contribution in [0, 0.1) is 0 Å². The van der Waals surface area contributed by atoms with Crippen LogP contribution < -0.4 is 0 Å². The van der Waals surface area contributed by atoms with E-state index in [1.165, 1.54) is 59.5 Å². The number of allylic oxidation sites excluding steroid dienone is 3. The average molecular weight is 758 g/mol. The highest BCUT2D eigenvalue weighted by molar-refractivity contribution is 8.03. The summed E-state index contributed by atoms with van der Waals surface area (Å²) in [4.78, 5) is 18.7. The fourth-order valence-electron chi connectivity index (χ4n) is 9.85. The fraction of sp³-hybridized carbons (Fsp3) is 0.0556. The minimum absolute atomic E-state index is 0.529. The lowest BCUT2D eigenvalue weighted by Gasteiger charge is -2.42. The summed E-state index contributed by atoms with van der Waals surface area (Å²) in [5, 5.41) is 3.48. The van der Waals surface area contributed by atoms with E-state index >= 15 is 0 Å². The zero-order valence-corrected chi connectivity index (χ0v) is 32.4. The largest absolute Gasteiger partial charge is 0.256 e. The van der Waals surface area contributed by atoms with Crippen molar-refractivity contribution in [1.29, 1.82) is 0 Å². The Kier molecular flexibility index (Phi) is 7.51. The van der Waals surface area contributed by atoms with Gasteiger partial charge >= 0.3 is 0 Å². The number of benzene rings is 7. The number of nitrogens with zero attached hydrogens (tertiary/aromatic N) is 3. The molecule has 3 aliphatic rings. The molecule has 3 nitrogen and oxygen atoms in total. The average Bonchev–Trinajstić information content (AvgIpc) is 3.60. The number of para-hydroxylation sites is 1. The lowest BCUT2D eigenvalue weighted by atomic mass is 9.65. The Morgan fingerprint density at radius 1 is 0.483 bits per heavy atom. The molecule has 1 aliphatic heterocycles. The summed E-state index contributed by atoms with van der Waals surface area (Å²) in [5.41, 5.74) is 15.4. The Labute approximate surface area is 341 Å². The third-order valence-corrected chi connectivity index (χ3v) is 13.4. The minimum atomic E-state index is -0.529. The van der Waals surface area contributed by atoms with E-state index in [2.05, 4.69) is 176 Å². The van der Waals surface area contributed by atoms with Crippen LogP contribution in [0.2, 0.25) is 0 Å². The number of rotatable bonds is 4. The molecule has 0 fully saturated rings. The molecule has 0 radical (unpaired) electrons. The van der Waals surface area contributed by atoms with E-state index in [1.807, 2.05) is 24.0 Å². The van der Waals surface area contributed by atoms with Gasteiger partial charge in [0.1, 0.15) is 0 Å². The van der Waals surface area contributed by atoms with E-state index in [9.17, 15) is 0 Å². The molecule has 58 heavy (non-hydrogen) atoms. The molecule has 3 heterocycles. The number of hydrogen-bond acceptors (Lipinski definition) is 4. The standard InChI is InChI=1S/C54H35N3S/c1-2-16-35(17-3-1)46-33-47(38-22-10-18-34-15-4-5-21-37(34)38)57-53(56-46)41-25-13-29-45-51(41)50-39(40-24-11-19-36-20-14-32-55-52(36)40)23-12-28-44(50)54(45)42-26-6-8-30-48(42)58-49-31-9-7-27-43(49)54/h1-6,8,10-33H,7,9H2. The molecule has 0 bridgehead atoms. The predicted octanol–water partition coefficient (Wildman–Crippen LogP) is 13.9. The lowest BCUT2D eigenvalue weighted by Crippen LogP contribution is -2.33. The van der Waals surface area contributed by atoms with Gasteiger partial charge in [0, 0.05) is 43.6 Å². The second-order valence-corrected chi connectivity index (χ2v) is 16.4. The van der Waals surface area contributed by atoms with Gasteiger partial charge in [-0.2, -0.15) is 0 Å². The van der Waals surface area contributed by atoms with Gasteiger partial charge < -0.3 is 0 Å². The summed E-state index contributed by atoms with van der Waals surface area (Å²) >= 11 is 1.91. The van der Waals surface area contributed by atoms with Crippen LogP contribution in [0.15, 0.2) is 204 Å². The van der Waals surface area contributed by atoms with Gasteiger partial charge in [0.15, 0.2) is 5.82 Å². The van der Waals surface area contributed by atoms with Crippen LogP contribution in [0.4, 0.5) is 0 Å². The molecule has 1 unspecified atom stereocenters. The molecule has 0 saturated carbocycles. The van der Waals surface area contributed by atoms with Gasteiger partial charge in [-0.3, -0.25) is 4.98 Å². The maximum atomic E-state index is 5.56. The van der Waals surface area contributed by atoms with Gasteiger partial charge in [0.2, 0.25) is 0 Å². The minimum Gasteiger partial charge on any atom is -0.256 e. The summed E-state index contributed by atoms with van der Waals surface area (Å²) in [5.74, 6) is 0.710. The number of thioether (sulfide) groups is 1. The molecule has 272 valence electrons. The van der Waals surface area contributed by atoms with Crippen LogP contribution in [-0.4, -0.2) is 15.0 Å². The van der Waals surface area contributed by atoms with Crippen LogP contribution in [0.1, 0.15) is 29.5 Å². The van der Waals surface area contributed by atoms with Crippen molar-refractivity contribution in [2.75, 3.05) is 0 Å². The molecule has 4 heteroatoms. The highest BCUT2D eigenvalue weighted by atomic mass is 32.2. The second-order valence-electron chi connectivity index (χ2n) is 15.3. The SMILES string of the molecule is C1=C2Sc3ccccc3C3(C2=CCC1)c1cccc(-c2nc(-c4ccccc4)cc(-c4cccc5ccccc45)n2)c1-c1c(-c2cccc4cccnc24)cccc13. The third kappa shape index (κ3) is 4.85. The quantitative estimate of drug-likeness (QED) is 0.179. The van der Waals surface area contributed by atoms with Crippen LogP contribution in [0.25, 0.3) is 77.8 Å². The topological polar surface area (TPSA) is 38.7 Å². The Balaban J connectivity index is 1.22. The molecule has 7 aromatic carbocycles. The predicted molar refractivity (Wildman–Crippen MR) is 240 cm³/mol. The van der Waals surface area contributed by atoms with Gasteiger partial charge in [-0.1, -0.05) is 176 Å². The Hall–Kier alpha value is -6.88. The smallest absolute Gasteiger partial charge is 0.161 e. The first kappa shape index (κ1) is 33.3. The second kappa shape index (κ2) is 13.1. The van der Waals surface area contributed by atoms with Crippen molar-refractivity contribution >= 4 is 33.4 Å². The van der Waals surface area contributed by atoms with Gasteiger partial charge in [0.25, 0.3) is 0 Å². The van der Waals surface area contributed by atoms with Crippen molar-refractivity contribution < 1.29 is 0 Å². The molecule has 12 rings (SSSR count). The van der Waals surface area contributed by atoms with Crippen molar-refractivity contribution in [1.82, 2.24) is 15.0 Å². The Morgan fingerprint density at radius 2 is 1.12 bits per heavy atom. The van der Waals surface area contributed by atoms with Crippen LogP contribution >= 0.6 is 11.8 Å². The zero-order chi connectivity index (χ0) is 38.2. The van der Waals surface area contributed by atoms with Crippen molar-refractivity contribution in [3.63, 3.8) is 0 Å². The van der Waals surface area contributed by atoms with Crippen molar-refractivity contribution in [2.24, 2.45) is 0 Å². The van der Waals surface area contributed by atoms with E-state index in [4.69, 9.17) is 15.0 Å². The van der Waals surface area contributed by atoms with E-state index in [0.29, 0.717) is 5.82 Å². The summed E-state index contributed by atoms with van der Waals surface area (Å²) in [6.45, 7) is 0. The molecule has 1 spiro atoms. The maximum absolute atomic E-state index is 5.56. The van der Waals surface area contributed by atoms with E-state index < -0.39 is 5.41 Å². The van der Waals surface area contributed by atoms with Gasteiger partial charge in [-0.15, -0.1) is 0 Å². The number of hydrogen-bond donors (Lipinski definition) is 0. The van der Waals surface area contributed by atoms with Gasteiger partial charge in [-0.25, -0.2) is 9.97 Å². The van der Waals surface area contributed by atoms with Crippen molar-refractivity contribution in [3.05, 3.63) is 215 Å². The third-order valence-electron chi connectivity index (χ3n) is 12.2. The highest BCUT2D eigenvalue weighted by Crippen LogP contribution is 2.66. The van der Waals surface area contributed by atoms with E-state index in [0.717, 1.165) is 57.4 Å². The molecular weight excluding hydrogens is 723 g/mol. The van der Waals surface area contributed by atoms with E-state index in [-0.39, 0.29) is 0 Å². The van der Waals surface area contributed by atoms with Crippen molar-refractivity contribution in [3.8, 4) is 56.2 Å². The molecule has 9 aromatic rings. The molecule has 2 aliphatic carbocycles. The fourth-order valence-corrected chi connectivity index (χ4v) is 11.1. The Morgan fingerprint density at radius 3 is 2.02 bits per heavy atom. The normalized spacial score (nSPS) is 16.3. The Bertz CT molecular complexity index is 3210. The number of pyridine rings is 1. The summed E-state index contributed by atoms with van der Waals surface area (Å²) in [6, 6.07) is 61.3. The molecule has 1 atom stereocenters. The first-order chi connectivity index (χ1) is 28.8. The first-order valence-corrected chi connectivity index (χ1v) is 20.8. The van der Waals surface area contributed by atoms with E-state index in [1.54, 1.807) is 0 Å². The molecule has 0 N–H and O–H groups in total. The molecule has 0 amide bonds. The number of aromatic nitrogens is 3. The summed E-state index contributed by atoms with van der Waals surface area (Å²) in [7, 11) is 0. The first-order valence-electron chi connectivity index (χ1n) is 20.0. The monoisotopic (exact) mass is 757 g/mol. The van der Waals surface area contributed by atoms with Crippen molar-refractivity contribution in [2.45, 2.75) is 23.2 Å². The maximum Gasteiger partial charge on any atom is 0.161 e. The van der Waals surface area contributed by atoms with Crippen LogP contribution in [0.5, 0.6) is 0 Å². The molecule has 0 saturated heterocycles. The number of fused-ring (bicyclic) bond motifs is 11. The van der Waals surface area contributed by atoms with Gasteiger partial charge in [-0.05, 0) is 80.8 Å².